The van der Waals surface area contributed by atoms with Crippen LogP contribution >= 0.6 is 0 Å². The van der Waals surface area contributed by atoms with E-state index >= 15 is 0 Å². The van der Waals surface area contributed by atoms with Crippen molar-refractivity contribution in [3.63, 3.8) is 0 Å². The first-order chi connectivity index (χ1) is 8.04. The number of carbonyl (C=O) groups excluding carboxylic acids is 1. The summed E-state index contributed by atoms with van der Waals surface area (Å²) >= 11 is 0. The second kappa shape index (κ2) is 6.37. The monoisotopic (exact) mass is 235 g/mol. The first kappa shape index (κ1) is 13.7. The average molecular weight is 235 g/mol. The van der Waals surface area contributed by atoms with E-state index in [1.54, 1.807) is 0 Å². The zero-order chi connectivity index (χ0) is 12.8. The number of nitrogens with zero attached hydrogens (tertiary/aromatic N) is 1. The Bertz CT molecular complexity index is 370. The molecule has 0 heterocycles. The molecule has 94 valence electrons. The highest BCUT2D eigenvalue weighted by Gasteiger charge is 2.09. The number of carbonyl (C=O) groups is 1. The Morgan fingerprint density at radius 1 is 1.35 bits per heavy atom. The molecule has 0 aliphatic heterocycles. The smallest absolute Gasteiger partial charge is 0.238 e. The van der Waals surface area contributed by atoms with E-state index in [1.807, 2.05) is 44.0 Å². The Kier molecular flexibility index (Phi) is 5.12. The second-order valence-electron chi connectivity index (χ2n) is 4.34. The lowest BCUT2D eigenvalue weighted by Crippen LogP contribution is -2.33. The van der Waals surface area contributed by atoms with Crippen LogP contribution in [-0.4, -0.2) is 37.5 Å². The third-order valence-electron chi connectivity index (χ3n) is 2.67. The fraction of sp³-hybridized carbons (Fsp3) is 0.462. The van der Waals surface area contributed by atoms with Gasteiger partial charge in [0.25, 0.3) is 0 Å². The van der Waals surface area contributed by atoms with Gasteiger partial charge in [-0.25, -0.2) is 0 Å². The first-order valence-electron chi connectivity index (χ1n) is 5.79. The van der Waals surface area contributed by atoms with Crippen molar-refractivity contribution >= 4 is 11.6 Å². The first-order valence-corrected chi connectivity index (χ1v) is 5.79. The minimum atomic E-state index is -0.00153. The van der Waals surface area contributed by atoms with Gasteiger partial charge in [-0.05, 0) is 32.0 Å². The molecule has 0 aromatic heterocycles. The van der Waals surface area contributed by atoms with Crippen molar-refractivity contribution in [2.75, 3.05) is 32.0 Å². The van der Waals surface area contributed by atoms with Crippen molar-refractivity contribution < 1.29 is 4.79 Å². The summed E-state index contributed by atoms with van der Waals surface area (Å²) in [4.78, 5) is 13.7. The van der Waals surface area contributed by atoms with Crippen LogP contribution in [0.1, 0.15) is 11.1 Å². The number of hydrogen-bond donors (Lipinski definition) is 2. The molecule has 1 amide bonds. The van der Waals surface area contributed by atoms with Crippen molar-refractivity contribution in [2.45, 2.75) is 13.8 Å². The fourth-order valence-electron chi connectivity index (χ4n) is 1.74. The van der Waals surface area contributed by atoms with Gasteiger partial charge in [0.15, 0.2) is 0 Å². The Morgan fingerprint density at radius 2 is 1.94 bits per heavy atom. The lowest BCUT2D eigenvalue weighted by Gasteiger charge is -2.16. The summed E-state index contributed by atoms with van der Waals surface area (Å²) in [5, 5.41) is 2.95. The molecule has 1 aromatic carbocycles. The number of nitrogens with one attached hydrogen (secondary N) is 1. The summed E-state index contributed by atoms with van der Waals surface area (Å²) in [6.45, 7) is 5.64. The molecule has 3 N–H and O–H groups in total. The number of benzene rings is 1. The van der Waals surface area contributed by atoms with Gasteiger partial charge in [0.1, 0.15) is 0 Å². The summed E-state index contributed by atoms with van der Waals surface area (Å²) in [5.41, 5.74) is 8.51. The van der Waals surface area contributed by atoms with Crippen LogP contribution in [0.25, 0.3) is 0 Å². The van der Waals surface area contributed by atoms with Crippen molar-refractivity contribution in [2.24, 2.45) is 5.73 Å². The molecule has 4 nitrogen and oxygen atoms in total. The minimum absolute atomic E-state index is 0.00153. The molecule has 0 saturated carbocycles. The van der Waals surface area contributed by atoms with E-state index in [0.717, 1.165) is 23.4 Å². The van der Waals surface area contributed by atoms with E-state index in [0.29, 0.717) is 13.1 Å². The number of hydrogen-bond acceptors (Lipinski definition) is 3. The fourth-order valence-corrected chi connectivity index (χ4v) is 1.74. The van der Waals surface area contributed by atoms with E-state index in [-0.39, 0.29) is 5.91 Å². The van der Waals surface area contributed by atoms with Gasteiger partial charge in [-0.3, -0.25) is 9.69 Å². The van der Waals surface area contributed by atoms with Gasteiger partial charge >= 0.3 is 0 Å². The molecular weight excluding hydrogens is 214 g/mol. The molecule has 0 aliphatic rings. The standard InChI is InChI=1S/C13H21N3O/c1-10-5-4-6-11(2)13(10)15-12(17)9-16(3)8-7-14/h4-6H,7-9,14H2,1-3H3,(H,15,17). The predicted octanol–water partition coefficient (Wildman–Crippen LogP) is 1.13. The molecule has 1 aromatic rings. The third-order valence-corrected chi connectivity index (χ3v) is 2.67. The summed E-state index contributed by atoms with van der Waals surface area (Å²) in [7, 11) is 1.89. The van der Waals surface area contributed by atoms with Gasteiger partial charge in [0.05, 0.1) is 6.54 Å². The Labute approximate surface area is 103 Å². The van der Waals surface area contributed by atoms with Gasteiger partial charge in [-0.15, -0.1) is 0 Å². The number of rotatable bonds is 5. The predicted molar refractivity (Wildman–Crippen MR) is 71.1 cm³/mol. The molecule has 4 heteroatoms. The molecular formula is C13H21N3O. The number of anilines is 1. The van der Waals surface area contributed by atoms with Crippen LogP contribution in [-0.2, 0) is 4.79 Å². The van der Waals surface area contributed by atoms with Gasteiger partial charge in [-0.2, -0.15) is 0 Å². The van der Waals surface area contributed by atoms with Crippen molar-refractivity contribution in [3.8, 4) is 0 Å². The molecule has 0 spiro atoms. The largest absolute Gasteiger partial charge is 0.329 e. The number of amides is 1. The minimum Gasteiger partial charge on any atom is -0.329 e. The molecule has 0 fully saturated rings. The van der Waals surface area contributed by atoms with E-state index in [4.69, 9.17) is 5.73 Å². The normalized spacial score (nSPS) is 10.6. The molecule has 0 saturated heterocycles. The molecule has 0 unspecified atom stereocenters. The zero-order valence-corrected chi connectivity index (χ0v) is 10.8. The van der Waals surface area contributed by atoms with E-state index in [2.05, 4.69) is 5.32 Å². The van der Waals surface area contributed by atoms with Crippen LogP contribution in [0.3, 0.4) is 0 Å². The second-order valence-corrected chi connectivity index (χ2v) is 4.34. The highest BCUT2D eigenvalue weighted by atomic mass is 16.2. The maximum atomic E-state index is 11.8. The third kappa shape index (κ3) is 4.17. The van der Waals surface area contributed by atoms with Crippen LogP contribution < -0.4 is 11.1 Å². The summed E-state index contributed by atoms with van der Waals surface area (Å²) in [5.74, 6) is -0.00153. The quantitative estimate of drug-likeness (QED) is 0.804. The van der Waals surface area contributed by atoms with Crippen molar-refractivity contribution in [1.82, 2.24) is 4.90 Å². The molecule has 0 bridgehead atoms. The lowest BCUT2D eigenvalue weighted by atomic mass is 10.1. The van der Waals surface area contributed by atoms with Crippen LogP contribution in [0.15, 0.2) is 18.2 Å². The van der Waals surface area contributed by atoms with Gasteiger partial charge in [-0.1, -0.05) is 18.2 Å². The number of likely N-dealkylation sites (N-methyl/N-ethyl adjacent to an activating group) is 1. The summed E-state index contributed by atoms with van der Waals surface area (Å²) < 4.78 is 0. The molecule has 0 radical (unpaired) electrons. The molecule has 0 aliphatic carbocycles. The Morgan fingerprint density at radius 3 is 2.47 bits per heavy atom. The van der Waals surface area contributed by atoms with Gasteiger partial charge in [0, 0.05) is 18.8 Å². The van der Waals surface area contributed by atoms with Crippen LogP contribution in [0.2, 0.25) is 0 Å². The topological polar surface area (TPSA) is 58.4 Å². The number of nitrogens with two attached hydrogens (primary N) is 1. The number of aryl methyl sites for hydroxylation is 2. The maximum Gasteiger partial charge on any atom is 0.238 e. The van der Waals surface area contributed by atoms with Crippen LogP contribution in [0, 0.1) is 13.8 Å². The van der Waals surface area contributed by atoms with Crippen molar-refractivity contribution in [1.29, 1.82) is 0 Å². The molecule has 1 rings (SSSR count). The van der Waals surface area contributed by atoms with Crippen LogP contribution in [0.4, 0.5) is 5.69 Å². The lowest BCUT2D eigenvalue weighted by molar-refractivity contribution is -0.117. The van der Waals surface area contributed by atoms with Gasteiger partial charge < -0.3 is 11.1 Å². The maximum absolute atomic E-state index is 11.8. The highest BCUT2D eigenvalue weighted by molar-refractivity contribution is 5.93. The summed E-state index contributed by atoms with van der Waals surface area (Å²) in [6.07, 6.45) is 0. The van der Waals surface area contributed by atoms with Gasteiger partial charge in [0.2, 0.25) is 5.91 Å². The van der Waals surface area contributed by atoms with E-state index in [9.17, 15) is 4.79 Å². The highest BCUT2D eigenvalue weighted by Crippen LogP contribution is 2.19. The van der Waals surface area contributed by atoms with E-state index in [1.165, 1.54) is 0 Å². The number of para-hydroxylation sites is 1. The zero-order valence-electron chi connectivity index (χ0n) is 10.8. The van der Waals surface area contributed by atoms with E-state index < -0.39 is 0 Å². The molecule has 0 atom stereocenters. The average Bonchev–Trinajstić information content (AvgIpc) is 2.24. The Hall–Kier alpha value is -1.39. The molecule has 17 heavy (non-hydrogen) atoms. The van der Waals surface area contributed by atoms with Crippen LogP contribution in [0.5, 0.6) is 0 Å². The Balaban J connectivity index is 2.62. The summed E-state index contributed by atoms with van der Waals surface area (Å²) in [6, 6.07) is 5.97. The SMILES string of the molecule is Cc1cccc(C)c1NC(=O)CN(C)CCN. The van der Waals surface area contributed by atoms with Crippen molar-refractivity contribution in [3.05, 3.63) is 29.3 Å².